The summed E-state index contributed by atoms with van der Waals surface area (Å²) in [6.07, 6.45) is 5.08. The predicted octanol–water partition coefficient (Wildman–Crippen LogP) is 4.07. The van der Waals surface area contributed by atoms with E-state index < -0.39 is 12.0 Å². The molecule has 0 amide bonds. The number of nitriles is 1. The van der Waals surface area contributed by atoms with Crippen LogP contribution in [0.3, 0.4) is 0 Å². The van der Waals surface area contributed by atoms with Crippen molar-refractivity contribution in [2.24, 2.45) is 4.99 Å². The topological polar surface area (TPSA) is 98.6 Å². The van der Waals surface area contributed by atoms with E-state index in [1.165, 1.54) is 11.3 Å². The summed E-state index contributed by atoms with van der Waals surface area (Å²) in [4.78, 5) is 32.7. The summed E-state index contributed by atoms with van der Waals surface area (Å²) >= 11 is 1.29. The Bertz CT molecular complexity index is 1820. The number of hydrogen-bond donors (Lipinski definition) is 0. The molecule has 8 nitrogen and oxygen atoms in total. The molecule has 5 rings (SSSR count). The monoisotopic (exact) mass is 540 g/mol. The lowest BCUT2D eigenvalue weighted by molar-refractivity contribution is -0.139. The molecule has 0 saturated heterocycles. The molecule has 1 aliphatic heterocycles. The van der Waals surface area contributed by atoms with Gasteiger partial charge in [-0.05, 0) is 43.2 Å². The number of carbonyl (C=O) groups is 1. The molecule has 39 heavy (non-hydrogen) atoms. The lowest BCUT2D eigenvalue weighted by atomic mass is 9.94. The first kappa shape index (κ1) is 26.2. The van der Waals surface area contributed by atoms with Gasteiger partial charge in [0.05, 0.1) is 41.6 Å². The Morgan fingerprint density at radius 1 is 1.21 bits per heavy atom. The number of nitrogens with zero attached hydrogens (tertiary/aromatic N) is 4. The second-order valence-electron chi connectivity index (χ2n) is 9.08. The molecule has 0 aliphatic carbocycles. The molecular formula is C30H28N4O4S. The number of allylic oxidation sites excluding steroid dienone is 1. The Balaban J connectivity index is 1.78. The molecular weight excluding hydrogens is 512 g/mol. The smallest absolute Gasteiger partial charge is 0.338 e. The molecule has 0 N–H and O–H groups in total. The highest BCUT2D eigenvalue weighted by atomic mass is 32.1. The van der Waals surface area contributed by atoms with Gasteiger partial charge in [-0.3, -0.25) is 9.36 Å². The van der Waals surface area contributed by atoms with E-state index in [-0.39, 0.29) is 18.7 Å². The summed E-state index contributed by atoms with van der Waals surface area (Å²) in [7, 11) is 1.58. The van der Waals surface area contributed by atoms with Crippen LogP contribution in [0.1, 0.15) is 43.9 Å². The van der Waals surface area contributed by atoms with Gasteiger partial charge in [0.25, 0.3) is 5.56 Å². The SMILES string of the molecule is CCCC1=C(C(=O)OCC)[C@H](c2cccc(OC)c2)n2c(s/c(=C\c3cn(CC#N)c4ccccc34)c2=O)=N1. The number of fused-ring (bicyclic) bond motifs is 2. The van der Waals surface area contributed by atoms with E-state index in [1.807, 2.05) is 72.3 Å². The van der Waals surface area contributed by atoms with E-state index in [0.717, 1.165) is 28.5 Å². The zero-order valence-electron chi connectivity index (χ0n) is 22.0. The second kappa shape index (κ2) is 11.1. The largest absolute Gasteiger partial charge is 0.497 e. The van der Waals surface area contributed by atoms with Crippen LogP contribution in [0, 0.1) is 11.3 Å². The molecule has 1 atom stereocenters. The third-order valence-electron chi connectivity index (χ3n) is 6.65. The van der Waals surface area contributed by atoms with Crippen molar-refractivity contribution in [3.8, 4) is 11.8 Å². The van der Waals surface area contributed by atoms with Gasteiger partial charge in [0, 0.05) is 22.7 Å². The van der Waals surface area contributed by atoms with Crippen LogP contribution in [0.15, 0.2) is 75.8 Å². The Kier molecular flexibility index (Phi) is 7.48. The van der Waals surface area contributed by atoms with Crippen molar-refractivity contribution in [2.75, 3.05) is 13.7 Å². The maximum Gasteiger partial charge on any atom is 0.338 e. The van der Waals surface area contributed by atoms with Gasteiger partial charge >= 0.3 is 5.97 Å². The van der Waals surface area contributed by atoms with Crippen LogP contribution in [0.4, 0.5) is 0 Å². The van der Waals surface area contributed by atoms with E-state index in [4.69, 9.17) is 14.5 Å². The summed E-state index contributed by atoms with van der Waals surface area (Å²) in [6, 6.07) is 16.7. The molecule has 198 valence electrons. The first-order valence-electron chi connectivity index (χ1n) is 12.8. The minimum atomic E-state index is -0.709. The summed E-state index contributed by atoms with van der Waals surface area (Å²) in [6.45, 7) is 4.20. The number of esters is 1. The number of para-hydroxylation sites is 1. The highest BCUT2D eigenvalue weighted by Crippen LogP contribution is 2.34. The molecule has 4 aromatic rings. The van der Waals surface area contributed by atoms with Crippen molar-refractivity contribution in [3.63, 3.8) is 0 Å². The molecule has 9 heteroatoms. The van der Waals surface area contributed by atoms with Gasteiger partial charge in [-0.15, -0.1) is 0 Å². The minimum absolute atomic E-state index is 0.203. The Morgan fingerprint density at radius 3 is 2.77 bits per heavy atom. The Morgan fingerprint density at radius 2 is 2.03 bits per heavy atom. The van der Waals surface area contributed by atoms with Gasteiger partial charge in [0.15, 0.2) is 4.80 Å². The van der Waals surface area contributed by atoms with Gasteiger partial charge in [0.2, 0.25) is 0 Å². The van der Waals surface area contributed by atoms with Crippen molar-refractivity contribution in [3.05, 3.63) is 96.8 Å². The molecule has 0 fully saturated rings. The number of hydrogen-bond acceptors (Lipinski definition) is 7. The first-order valence-corrected chi connectivity index (χ1v) is 13.6. The molecule has 0 bridgehead atoms. The van der Waals surface area contributed by atoms with Crippen molar-refractivity contribution < 1.29 is 14.3 Å². The molecule has 0 unspecified atom stereocenters. The summed E-state index contributed by atoms with van der Waals surface area (Å²) in [5.41, 5.74) is 3.24. The van der Waals surface area contributed by atoms with E-state index >= 15 is 0 Å². The minimum Gasteiger partial charge on any atom is -0.497 e. The Labute approximate surface area is 229 Å². The van der Waals surface area contributed by atoms with Gasteiger partial charge in [0.1, 0.15) is 12.3 Å². The third-order valence-corrected chi connectivity index (χ3v) is 7.63. The van der Waals surface area contributed by atoms with E-state index in [0.29, 0.717) is 32.8 Å². The number of thiazole rings is 1. The van der Waals surface area contributed by atoms with Crippen molar-refractivity contribution >= 4 is 34.3 Å². The second-order valence-corrected chi connectivity index (χ2v) is 10.1. The van der Waals surface area contributed by atoms with Crippen molar-refractivity contribution in [1.29, 1.82) is 5.26 Å². The van der Waals surface area contributed by atoms with Crippen molar-refractivity contribution in [1.82, 2.24) is 9.13 Å². The van der Waals surface area contributed by atoms with Gasteiger partial charge < -0.3 is 14.0 Å². The van der Waals surface area contributed by atoms with Gasteiger partial charge in [-0.25, -0.2) is 9.79 Å². The van der Waals surface area contributed by atoms with Crippen LogP contribution < -0.4 is 19.6 Å². The lowest BCUT2D eigenvalue weighted by Crippen LogP contribution is -2.40. The fraction of sp³-hybridized carbons (Fsp3) is 0.267. The molecule has 2 aromatic heterocycles. The van der Waals surface area contributed by atoms with Gasteiger partial charge in [-0.2, -0.15) is 5.26 Å². The Hall–Kier alpha value is -4.42. The van der Waals surface area contributed by atoms with Crippen LogP contribution in [0.2, 0.25) is 0 Å². The number of benzene rings is 2. The standard InChI is InChI=1S/C30H28N4O4S/c1-4-9-23-26(29(36)38-5-2)27(19-10-8-11-21(16-19)37-3)34-28(35)25(39-30(34)32-23)17-20-18-33(15-14-31)24-13-7-6-12-22(20)24/h6-8,10-13,16-18,27H,4-5,9,15H2,1-3H3/b25-17-/t27-/m0/s1. The number of ether oxygens (including phenoxy) is 2. The average Bonchev–Trinajstić information content (AvgIpc) is 3.45. The maximum atomic E-state index is 14.0. The molecule has 1 aliphatic rings. The van der Waals surface area contributed by atoms with Crippen LogP contribution in [-0.4, -0.2) is 28.8 Å². The molecule has 2 aromatic carbocycles. The molecule has 0 saturated carbocycles. The quantitative estimate of drug-likeness (QED) is 0.314. The maximum absolute atomic E-state index is 14.0. The highest BCUT2D eigenvalue weighted by molar-refractivity contribution is 7.07. The van der Waals surface area contributed by atoms with Crippen LogP contribution in [0.25, 0.3) is 17.0 Å². The zero-order chi connectivity index (χ0) is 27.5. The molecule has 0 spiro atoms. The normalized spacial score (nSPS) is 15.1. The predicted molar refractivity (Wildman–Crippen MR) is 150 cm³/mol. The number of rotatable bonds is 8. The van der Waals surface area contributed by atoms with E-state index in [2.05, 4.69) is 6.07 Å². The number of carbonyl (C=O) groups excluding carboxylic acids is 1. The summed E-state index contributed by atoms with van der Waals surface area (Å²) in [5.74, 6) is 0.142. The van der Waals surface area contributed by atoms with Crippen LogP contribution in [0.5, 0.6) is 5.75 Å². The van der Waals surface area contributed by atoms with Crippen molar-refractivity contribution in [2.45, 2.75) is 39.3 Å². The van der Waals surface area contributed by atoms with E-state index in [1.54, 1.807) is 18.6 Å². The average molecular weight is 541 g/mol. The first-order chi connectivity index (χ1) is 19.0. The van der Waals surface area contributed by atoms with Crippen LogP contribution in [-0.2, 0) is 16.1 Å². The number of aromatic nitrogens is 2. The fourth-order valence-electron chi connectivity index (χ4n) is 4.99. The molecule has 0 radical (unpaired) electrons. The summed E-state index contributed by atoms with van der Waals surface area (Å²) in [5, 5.41) is 10.2. The van der Waals surface area contributed by atoms with Crippen LogP contribution >= 0.6 is 11.3 Å². The summed E-state index contributed by atoms with van der Waals surface area (Å²) < 4.78 is 14.9. The zero-order valence-corrected chi connectivity index (χ0v) is 22.8. The third kappa shape index (κ3) is 4.79. The molecule has 3 heterocycles. The fourth-order valence-corrected chi connectivity index (χ4v) is 6.00. The lowest BCUT2D eigenvalue weighted by Gasteiger charge is -2.26. The highest BCUT2D eigenvalue weighted by Gasteiger charge is 2.34. The van der Waals surface area contributed by atoms with Gasteiger partial charge in [-0.1, -0.05) is 55.0 Å². The number of methoxy groups -OCH3 is 1. The van der Waals surface area contributed by atoms with E-state index in [9.17, 15) is 14.9 Å².